The van der Waals surface area contributed by atoms with E-state index in [2.05, 4.69) is 41.0 Å². The van der Waals surface area contributed by atoms with Gasteiger partial charge in [0.05, 0.1) is 0 Å². The van der Waals surface area contributed by atoms with E-state index in [-0.39, 0.29) is 0 Å². The van der Waals surface area contributed by atoms with E-state index < -0.39 is 0 Å². The number of rotatable bonds is 6. The van der Waals surface area contributed by atoms with Gasteiger partial charge in [-0.15, -0.1) is 0 Å². The van der Waals surface area contributed by atoms with E-state index in [1.165, 1.54) is 31.2 Å². The molecule has 0 bridgehead atoms. The summed E-state index contributed by atoms with van der Waals surface area (Å²) in [4.78, 5) is 17.0. The number of amides is 1. The standard InChI is InChI=1S/C22H32N2O2/c1-2-18-6-3-4-7-20(18)26-15-14-23-13-5-11-22(16-23)12-10-21(25)24(17-22)19-8-9-19/h3-4,6-7,19H,2,5,8-17H2,1H3/t22-/m1/s1. The van der Waals surface area contributed by atoms with Gasteiger partial charge in [-0.05, 0) is 56.7 Å². The molecule has 1 aromatic carbocycles. The first-order valence-electron chi connectivity index (χ1n) is 10.4. The number of carbonyl (C=O) groups is 1. The average molecular weight is 357 g/mol. The SMILES string of the molecule is CCc1ccccc1OCCN1CCC[C@@]2(CCC(=O)N(C3CC3)C2)C1. The molecule has 0 unspecified atom stereocenters. The summed E-state index contributed by atoms with van der Waals surface area (Å²) in [5, 5.41) is 0. The number of benzene rings is 1. The van der Waals surface area contributed by atoms with Gasteiger partial charge in [0.2, 0.25) is 5.91 Å². The Morgan fingerprint density at radius 1 is 1.19 bits per heavy atom. The predicted octanol–water partition coefficient (Wildman–Crippen LogP) is 3.49. The quantitative estimate of drug-likeness (QED) is 0.782. The Bertz CT molecular complexity index is 643. The largest absolute Gasteiger partial charge is 0.492 e. The molecule has 1 spiro atoms. The Balaban J connectivity index is 1.31. The maximum atomic E-state index is 12.3. The van der Waals surface area contributed by atoms with E-state index in [1.54, 1.807) is 0 Å². The molecule has 0 radical (unpaired) electrons. The second-order valence-corrected chi connectivity index (χ2v) is 8.44. The number of carbonyl (C=O) groups excluding carboxylic acids is 1. The number of piperidine rings is 2. The van der Waals surface area contributed by atoms with Crippen LogP contribution in [0.5, 0.6) is 5.75 Å². The lowest BCUT2D eigenvalue weighted by Gasteiger charge is -2.48. The summed E-state index contributed by atoms with van der Waals surface area (Å²) in [5.41, 5.74) is 1.62. The van der Waals surface area contributed by atoms with Crippen LogP contribution in [0.2, 0.25) is 0 Å². The van der Waals surface area contributed by atoms with Crippen molar-refractivity contribution in [3.05, 3.63) is 29.8 Å². The van der Waals surface area contributed by atoms with Crippen LogP contribution in [0.15, 0.2) is 24.3 Å². The van der Waals surface area contributed by atoms with E-state index in [0.717, 1.165) is 57.8 Å². The van der Waals surface area contributed by atoms with Crippen molar-refractivity contribution in [3.8, 4) is 5.75 Å². The van der Waals surface area contributed by atoms with Gasteiger partial charge in [0.25, 0.3) is 0 Å². The molecule has 3 fully saturated rings. The van der Waals surface area contributed by atoms with Crippen LogP contribution in [-0.2, 0) is 11.2 Å². The number of likely N-dealkylation sites (tertiary alicyclic amines) is 2. The summed E-state index contributed by atoms with van der Waals surface area (Å²) in [6, 6.07) is 8.92. The van der Waals surface area contributed by atoms with Gasteiger partial charge < -0.3 is 9.64 Å². The van der Waals surface area contributed by atoms with Crippen molar-refractivity contribution in [1.29, 1.82) is 0 Å². The highest BCUT2D eigenvalue weighted by Crippen LogP contribution is 2.42. The second-order valence-electron chi connectivity index (χ2n) is 8.44. The van der Waals surface area contributed by atoms with Crippen LogP contribution in [0, 0.1) is 5.41 Å². The third-order valence-corrected chi connectivity index (χ3v) is 6.44. The van der Waals surface area contributed by atoms with E-state index in [9.17, 15) is 4.79 Å². The number of aryl methyl sites for hydroxylation is 1. The molecule has 0 N–H and O–H groups in total. The van der Waals surface area contributed by atoms with E-state index in [1.807, 2.05) is 0 Å². The Morgan fingerprint density at radius 3 is 2.85 bits per heavy atom. The van der Waals surface area contributed by atoms with Crippen molar-refractivity contribution in [2.75, 3.05) is 32.8 Å². The van der Waals surface area contributed by atoms with Crippen molar-refractivity contribution in [2.24, 2.45) is 5.41 Å². The minimum Gasteiger partial charge on any atom is -0.492 e. The second kappa shape index (κ2) is 7.59. The average Bonchev–Trinajstić information content (AvgIpc) is 3.50. The Hall–Kier alpha value is -1.55. The summed E-state index contributed by atoms with van der Waals surface area (Å²) in [5.74, 6) is 1.43. The Labute approximate surface area is 157 Å². The van der Waals surface area contributed by atoms with Gasteiger partial charge in [-0.25, -0.2) is 0 Å². The molecule has 4 heteroatoms. The monoisotopic (exact) mass is 356 g/mol. The third kappa shape index (κ3) is 3.90. The van der Waals surface area contributed by atoms with Gasteiger partial charge in [0, 0.05) is 37.5 Å². The highest BCUT2D eigenvalue weighted by molar-refractivity contribution is 5.78. The normalized spacial score (nSPS) is 27.1. The zero-order valence-electron chi connectivity index (χ0n) is 16.1. The summed E-state index contributed by atoms with van der Waals surface area (Å²) in [6.07, 6.45) is 7.80. The molecule has 4 rings (SSSR count). The van der Waals surface area contributed by atoms with Crippen molar-refractivity contribution in [3.63, 3.8) is 0 Å². The first kappa shape index (κ1) is 17.8. The first-order chi connectivity index (χ1) is 12.7. The number of ether oxygens (including phenoxy) is 1. The number of hydrogen-bond donors (Lipinski definition) is 0. The lowest BCUT2D eigenvalue weighted by atomic mass is 9.73. The van der Waals surface area contributed by atoms with Crippen molar-refractivity contribution in [1.82, 2.24) is 9.80 Å². The fourth-order valence-corrected chi connectivity index (χ4v) is 4.82. The first-order valence-corrected chi connectivity index (χ1v) is 10.4. The van der Waals surface area contributed by atoms with Crippen molar-refractivity contribution < 1.29 is 9.53 Å². The molecular weight excluding hydrogens is 324 g/mol. The number of hydrogen-bond acceptors (Lipinski definition) is 3. The molecule has 1 amide bonds. The molecule has 0 aromatic heterocycles. The number of nitrogens with zero attached hydrogens (tertiary/aromatic N) is 2. The molecule has 26 heavy (non-hydrogen) atoms. The van der Waals surface area contributed by atoms with Crippen LogP contribution in [0.4, 0.5) is 0 Å². The van der Waals surface area contributed by atoms with Gasteiger partial charge in [0.15, 0.2) is 0 Å². The third-order valence-electron chi connectivity index (χ3n) is 6.44. The van der Waals surface area contributed by atoms with Crippen molar-refractivity contribution in [2.45, 2.75) is 57.9 Å². The molecule has 1 aromatic rings. The summed E-state index contributed by atoms with van der Waals surface area (Å²) >= 11 is 0. The Morgan fingerprint density at radius 2 is 2.04 bits per heavy atom. The van der Waals surface area contributed by atoms with E-state index >= 15 is 0 Å². The van der Waals surface area contributed by atoms with Crippen LogP contribution in [0.25, 0.3) is 0 Å². The summed E-state index contributed by atoms with van der Waals surface area (Å²) in [6.45, 7) is 7.19. The van der Waals surface area contributed by atoms with Gasteiger partial charge in [-0.1, -0.05) is 25.1 Å². The molecule has 1 saturated carbocycles. The van der Waals surface area contributed by atoms with E-state index in [0.29, 0.717) is 17.4 Å². The molecule has 2 heterocycles. The molecule has 1 aliphatic carbocycles. The molecule has 2 aliphatic heterocycles. The zero-order valence-corrected chi connectivity index (χ0v) is 16.1. The maximum absolute atomic E-state index is 12.3. The zero-order chi connectivity index (χ0) is 18.0. The molecule has 3 aliphatic rings. The maximum Gasteiger partial charge on any atom is 0.222 e. The predicted molar refractivity (Wildman–Crippen MR) is 103 cm³/mol. The fraction of sp³-hybridized carbons (Fsp3) is 0.682. The Kier molecular flexibility index (Phi) is 5.21. The van der Waals surface area contributed by atoms with E-state index in [4.69, 9.17) is 4.74 Å². The lowest BCUT2D eigenvalue weighted by Crippen LogP contribution is -2.55. The van der Waals surface area contributed by atoms with Crippen LogP contribution in [-0.4, -0.2) is 54.5 Å². The topological polar surface area (TPSA) is 32.8 Å². The lowest BCUT2D eigenvalue weighted by molar-refractivity contribution is -0.140. The van der Waals surface area contributed by atoms with Crippen LogP contribution in [0.3, 0.4) is 0 Å². The molecule has 1 atom stereocenters. The molecule has 2 saturated heterocycles. The summed E-state index contributed by atoms with van der Waals surface area (Å²) in [7, 11) is 0. The van der Waals surface area contributed by atoms with Gasteiger partial charge in [-0.2, -0.15) is 0 Å². The minimum atomic E-state index is 0.329. The molecular formula is C22H32N2O2. The smallest absolute Gasteiger partial charge is 0.222 e. The molecule has 4 nitrogen and oxygen atoms in total. The highest BCUT2D eigenvalue weighted by Gasteiger charge is 2.45. The van der Waals surface area contributed by atoms with Crippen molar-refractivity contribution >= 4 is 5.91 Å². The van der Waals surface area contributed by atoms with Crippen LogP contribution >= 0.6 is 0 Å². The van der Waals surface area contributed by atoms with Gasteiger partial charge >= 0.3 is 0 Å². The van der Waals surface area contributed by atoms with Crippen LogP contribution < -0.4 is 4.74 Å². The highest BCUT2D eigenvalue weighted by atomic mass is 16.5. The number of para-hydroxylation sites is 1. The minimum absolute atomic E-state index is 0.329. The molecule has 142 valence electrons. The van der Waals surface area contributed by atoms with Gasteiger partial charge in [-0.3, -0.25) is 9.69 Å². The van der Waals surface area contributed by atoms with Gasteiger partial charge in [0.1, 0.15) is 12.4 Å². The summed E-state index contributed by atoms with van der Waals surface area (Å²) < 4.78 is 6.09. The fourth-order valence-electron chi connectivity index (χ4n) is 4.82. The van der Waals surface area contributed by atoms with Crippen LogP contribution in [0.1, 0.15) is 51.0 Å².